The van der Waals surface area contributed by atoms with Crippen molar-refractivity contribution in [1.82, 2.24) is 4.89 Å². The molecule has 0 bridgehead atoms. The normalized spacial score (nSPS) is 16.6. The molecule has 0 radical (unpaired) electrons. The number of rotatable bonds is 6. The summed E-state index contributed by atoms with van der Waals surface area (Å²) in [6.07, 6.45) is 3.45. The Bertz CT molecular complexity index is 591. The van der Waals surface area contributed by atoms with Crippen molar-refractivity contribution in [3.63, 3.8) is 0 Å². The van der Waals surface area contributed by atoms with Crippen LogP contribution in [0.15, 0.2) is 23.1 Å². The molecule has 9 heteroatoms. The molecule has 0 heterocycles. The van der Waals surface area contributed by atoms with E-state index in [0.29, 0.717) is 0 Å². The van der Waals surface area contributed by atoms with Gasteiger partial charge in [0.05, 0.1) is 16.0 Å². The van der Waals surface area contributed by atoms with Crippen LogP contribution < -0.4 is 9.62 Å². The number of hydrogen-bond acceptors (Lipinski definition) is 4. The van der Waals surface area contributed by atoms with Gasteiger partial charge in [0.1, 0.15) is 5.75 Å². The van der Waals surface area contributed by atoms with E-state index in [1.165, 1.54) is 0 Å². The van der Waals surface area contributed by atoms with Crippen LogP contribution in [0.5, 0.6) is 5.75 Å². The van der Waals surface area contributed by atoms with Crippen molar-refractivity contribution in [3.05, 3.63) is 23.2 Å². The van der Waals surface area contributed by atoms with Gasteiger partial charge >= 0.3 is 6.61 Å². The number of hydrogen-bond donors (Lipinski definition) is 1. The third-order valence-electron chi connectivity index (χ3n) is 3.06. The lowest BCUT2D eigenvalue weighted by Crippen LogP contribution is -2.28. The highest BCUT2D eigenvalue weighted by Gasteiger charge is 2.21. The van der Waals surface area contributed by atoms with E-state index in [2.05, 4.69) is 4.74 Å². The Morgan fingerprint density at radius 2 is 1.95 bits per heavy atom. The molecule has 1 fully saturated rings. The minimum Gasteiger partial charge on any atom is -0.433 e. The van der Waals surface area contributed by atoms with E-state index in [1.807, 2.05) is 4.89 Å². The topological polar surface area (TPSA) is 64.6 Å². The van der Waals surface area contributed by atoms with Crippen LogP contribution in [0.1, 0.15) is 25.7 Å². The lowest BCUT2D eigenvalue weighted by atomic mass is 10.3. The Hall–Kier alpha value is -0.960. The Morgan fingerprint density at radius 1 is 1.29 bits per heavy atom. The first-order valence-corrected chi connectivity index (χ1v) is 8.16. The van der Waals surface area contributed by atoms with E-state index in [4.69, 9.17) is 16.4 Å². The van der Waals surface area contributed by atoms with Gasteiger partial charge in [-0.2, -0.15) is 8.78 Å². The number of sulfonamides is 1. The molecular weight excluding hydrogens is 328 g/mol. The van der Waals surface area contributed by atoms with Crippen LogP contribution in [0.3, 0.4) is 0 Å². The average molecular weight is 342 g/mol. The molecule has 2 rings (SSSR count). The van der Waals surface area contributed by atoms with Crippen molar-refractivity contribution in [3.8, 4) is 5.75 Å². The molecular formula is C12H14ClF2NO4S. The molecule has 1 aliphatic rings. The second kappa shape index (κ2) is 6.87. The molecule has 0 spiro atoms. The maximum Gasteiger partial charge on any atom is 0.387 e. The van der Waals surface area contributed by atoms with Gasteiger partial charge in [0, 0.05) is 0 Å². The van der Waals surface area contributed by atoms with Crippen molar-refractivity contribution >= 4 is 21.6 Å². The lowest BCUT2D eigenvalue weighted by Gasteiger charge is -2.13. The fourth-order valence-electron chi connectivity index (χ4n) is 2.03. The van der Waals surface area contributed by atoms with Crippen molar-refractivity contribution in [2.45, 2.75) is 43.3 Å². The molecule has 0 aliphatic heterocycles. The van der Waals surface area contributed by atoms with E-state index < -0.39 is 16.6 Å². The minimum atomic E-state index is -3.92. The van der Waals surface area contributed by atoms with Gasteiger partial charge in [-0.25, -0.2) is 8.42 Å². The molecule has 0 unspecified atom stereocenters. The predicted molar refractivity (Wildman–Crippen MR) is 71.7 cm³/mol. The summed E-state index contributed by atoms with van der Waals surface area (Å²) in [6, 6.07) is 3.21. The van der Waals surface area contributed by atoms with Gasteiger partial charge in [-0.15, -0.1) is 0 Å². The molecule has 0 atom stereocenters. The summed E-state index contributed by atoms with van der Waals surface area (Å²) in [5.41, 5.74) is 0. The maximum atomic E-state index is 12.1. The van der Waals surface area contributed by atoms with Crippen LogP contribution >= 0.6 is 11.6 Å². The summed E-state index contributed by atoms with van der Waals surface area (Å²) in [4.78, 5) is 6.97. The molecule has 1 saturated carbocycles. The fraction of sp³-hybridized carbons (Fsp3) is 0.500. The van der Waals surface area contributed by atoms with Crippen molar-refractivity contribution in [2.24, 2.45) is 0 Å². The molecule has 1 N–H and O–H groups in total. The quantitative estimate of drug-likeness (QED) is 0.807. The maximum absolute atomic E-state index is 12.1. The molecule has 1 aromatic carbocycles. The molecule has 0 aromatic heterocycles. The van der Waals surface area contributed by atoms with Gasteiger partial charge in [-0.05, 0) is 31.0 Å². The van der Waals surface area contributed by atoms with Crippen LogP contribution in [0.25, 0.3) is 0 Å². The van der Waals surface area contributed by atoms with Crippen molar-refractivity contribution in [1.29, 1.82) is 0 Å². The van der Waals surface area contributed by atoms with Crippen molar-refractivity contribution < 1.29 is 26.8 Å². The van der Waals surface area contributed by atoms with Crippen LogP contribution in [-0.2, 0) is 14.9 Å². The highest BCUT2D eigenvalue weighted by atomic mass is 35.5. The van der Waals surface area contributed by atoms with E-state index in [-0.39, 0.29) is 21.8 Å². The monoisotopic (exact) mass is 341 g/mol. The molecule has 0 saturated heterocycles. The molecule has 1 aromatic rings. The van der Waals surface area contributed by atoms with E-state index in [9.17, 15) is 17.2 Å². The van der Waals surface area contributed by atoms with E-state index in [1.54, 1.807) is 0 Å². The second-order valence-corrected chi connectivity index (χ2v) is 6.63. The van der Waals surface area contributed by atoms with Crippen LogP contribution in [-0.4, -0.2) is 21.1 Å². The van der Waals surface area contributed by atoms with Gasteiger partial charge in [0.15, 0.2) is 0 Å². The minimum absolute atomic E-state index is 0.142. The Kier molecular flexibility index (Phi) is 5.37. The Labute approximate surface area is 126 Å². The summed E-state index contributed by atoms with van der Waals surface area (Å²) >= 11 is 5.72. The van der Waals surface area contributed by atoms with Crippen LogP contribution in [0, 0.1) is 0 Å². The summed E-state index contributed by atoms with van der Waals surface area (Å²) in [7, 11) is -3.92. The van der Waals surface area contributed by atoms with Crippen molar-refractivity contribution in [2.75, 3.05) is 0 Å². The fourth-order valence-corrected chi connectivity index (χ4v) is 3.19. The molecule has 118 valence electrons. The first-order chi connectivity index (χ1) is 9.88. The van der Waals surface area contributed by atoms with Gasteiger partial charge in [0.2, 0.25) is 0 Å². The summed E-state index contributed by atoms with van der Waals surface area (Å²) in [5.74, 6) is -0.290. The average Bonchev–Trinajstić information content (AvgIpc) is 2.91. The highest BCUT2D eigenvalue weighted by Crippen LogP contribution is 2.29. The zero-order valence-electron chi connectivity index (χ0n) is 10.9. The first kappa shape index (κ1) is 16.4. The third-order valence-corrected chi connectivity index (χ3v) is 4.54. The largest absolute Gasteiger partial charge is 0.433 e. The molecule has 5 nitrogen and oxygen atoms in total. The van der Waals surface area contributed by atoms with E-state index >= 15 is 0 Å². The molecule has 0 amide bonds. The van der Waals surface area contributed by atoms with Gasteiger partial charge in [-0.1, -0.05) is 29.3 Å². The third kappa shape index (κ3) is 4.50. The highest BCUT2D eigenvalue weighted by molar-refractivity contribution is 7.89. The summed E-state index contributed by atoms with van der Waals surface area (Å²) < 4.78 is 52.3. The zero-order valence-corrected chi connectivity index (χ0v) is 12.5. The zero-order chi connectivity index (χ0) is 15.5. The molecule has 21 heavy (non-hydrogen) atoms. The number of halogens is 3. The SMILES string of the molecule is O=S(=O)(NOC1CCCC1)c1ccc(OC(F)F)c(Cl)c1. The summed E-state index contributed by atoms with van der Waals surface area (Å²) in [6.45, 7) is -3.03. The van der Waals surface area contributed by atoms with E-state index in [0.717, 1.165) is 43.9 Å². The van der Waals surface area contributed by atoms with Gasteiger partial charge in [0.25, 0.3) is 10.0 Å². The van der Waals surface area contributed by atoms with Crippen LogP contribution in [0.4, 0.5) is 8.78 Å². The smallest absolute Gasteiger partial charge is 0.387 e. The summed E-state index contributed by atoms with van der Waals surface area (Å²) in [5, 5.41) is -0.223. The van der Waals surface area contributed by atoms with Crippen LogP contribution in [0.2, 0.25) is 5.02 Å². The predicted octanol–water partition coefficient (Wildman–Crippen LogP) is 3.09. The second-order valence-electron chi connectivity index (χ2n) is 4.58. The number of nitrogens with one attached hydrogen (secondary N) is 1. The first-order valence-electron chi connectivity index (χ1n) is 6.30. The number of benzene rings is 1. The number of ether oxygens (including phenoxy) is 1. The molecule has 1 aliphatic carbocycles. The number of alkyl halides is 2. The Balaban J connectivity index is 2.06. The lowest BCUT2D eigenvalue weighted by molar-refractivity contribution is -0.0498. The van der Waals surface area contributed by atoms with Gasteiger partial charge < -0.3 is 4.74 Å². The van der Waals surface area contributed by atoms with Gasteiger partial charge in [-0.3, -0.25) is 4.84 Å². The standard InChI is InChI=1S/C12H14ClF2NO4S/c13-10-7-9(5-6-11(10)19-12(14)15)21(17,18)16-20-8-3-1-2-4-8/h5-8,12,16H,1-4H2. The Morgan fingerprint density at radius 3 is 2.52 bits per heavy atom.